The second-order valence-electron chi connectivity index (χ2n) is 2.87. The van der Waals surface area contributed by atoms with Gasteiger partial charge in [0.25, 0.3) is 0 Å². The minimum absolute atomic E-state index is 0.00286. The first-order chi connectivity index (χ1) is 7.62. The summed E-state index contributed by atoms with van der Waals surface area (Å²) in [6.07, 6.45) is 0. The fraction of sp³-hybridized carbons (Fsp3) is 0.250. The Balaban J connectivity index is 3.66. The lowest BCUT2D eigenvalue weighted by molar-refractivity contribution is 0.934. The first-order valence-electron chi connectivity index (χ1n) is 3.80. The maximum absolute atomic E-state index is 5.98. The van der Waals surface area contributed by atoms with Gasteiger partial charge in [-0.05, 0) is 0 Å². The summed E-state index contributed by atoms with van der Waals surface area (Å²) in [6, 6.07) is 0. The highest BCUT2D eigenvalue weighted by Gasteiger charge is 2.40. The average molecular weight is 416 g/mol. The van der Waals surface area contributed by atoms with Crippen LogP contribution in [-0.4, -0.2) is 4.84 Å². The smallest absolute Gasteiger partial charge is 0.102 e. The minimum atomic E-state index is -1.77. The quantitative estimate of drug-likeness (QED) is 0.268. The van der Waals surface area contributed by atoms with Crippen molar-refractivity contribution in [3.05, 3.63) is 30.7 Å². The van der Waals surface area contributed by atoms with E-state index in [-0.39, 0.29) is 30.7 Å². The minimum Gasteiger partial charge on any atom is -0.102 e. The summed E-state index contributed by atoms with van der Waals surface area (Å²) in [5.74, 6) is 0. The van der Waals surface area contributed by atoms with Crippen LogP contribution in [0.1, 0.15) is 5.56 Å². The van der Waals surface area contributed by atoms with E-state index in [1.165, 1.54) is 0 Å². The van der Waals surface area contributed by atoms with E-state index in [9.17, 15) is 0 Å². The van der Waals surface area contributed by atoms with Crippen LogP contribution in [0.15, 0.2) is 0 Å². The first-order valence-corrected chi connectivity index (χ1v) is 7.32. The van der Waals surface area contributed by atoms with Crippen LogP contribution in [0, 0.1) is 0 Å². The molecule has 0 atom stereocenters. The van der Waals surface area contributed by atoms with Crippen molar-refractivity contribution in [2.24, 2.45) is 0 Å². The van der Waals surface area contributed by atoms with Crippen molar-refractivity contribution >= 4 is 104 Å². The molecule has 0 aliphatic rings. The van der Waals surface area contributed by atoms with Gasteiger partial charge in [-0.3, -0.25) is 0 Å². The van der Waals surface area contributed by atoms with Crippen LogP contribution in [-0.2, 0) is 4.33 Å². The van der Waals surface area contributed by atoms with E-state index in [0.29, 0.717) is 0 Å². The Morgan fingerprint density at radius 1 is 0.647 bits per heavy atom. The Morgan fingerprint density at radius 2 is 0.941 bits per heavy atom. The Kier molecular flexibility index (Phi) is 6.03. The highest BCUT2D eigenvalue weighted by atomic mass is 35.5. The number of benzene rings is 1. The zero-order valence-electron chi connectivity index (χ0n) is 7.48. The molecule has 0 aromatic heterocycles. The summed E-state index contributed by atoms with van der Waals surface area (Å²) in [5, 5.41) is -0.170. The van der Waals surface area contributed by atoms with Gasteiger partial charge in [-0.15, -0.1) is 23.2 Å². The molecule has 0 fully saturated rings. The molecule has 0 saturated carbocycles. The first kappa shape index (κ1) is 16.9. The van der Waals surface area contributed by atoms with Crippen LogP contribution in [0.2, 0.25) is 25.1 Å². The Bertz CT molecular complexity index is 422. The van der Waals surface area contributed by atoms with Gasteiger partial charge in [0.05, 0.1) is 25.1 Å². The molecule has 1 aromatic rings. The number of halogens is 9. The number of alkyl halides is 4. The van der Waals surface area contributed by atoms with Crippen LogP contribution in [0.3, 0.4) is 0 Å². The molecule has 0 aliphatic heterocycles. The van der Waals surface area contributed by atoms with E-state index in [4.69, 9.17) is 104 Å². The molecular formula is C8HCl9. The molecule has 0 heterocycles. The van der Waals surface area contributed by atoms with Gasteiger partial charge in [-0.1, -0.05) is 81.2 Å². The average Bonchev–Trinajstić information content (AvgIpc) is 2.23. The largest absolute Gasteiger partial charge is 0.176 e. The summed E-state index contributed by atoms with van der Waals surface area (Å²) < 4.78 is -1.77. The van der Waals surface area contributed by atoms with E-state index < -0.39 is 9.17 Å². The number of hydrogen-bond donors (Lipinski definition) is 0. The van der Waals surface area contributed by atoms with Gasteiger partial charge in [0, 0.05) is 5.56 Å². The third kappa shape index (κ3) is 3.12. The molecule has 0 nitrogen and oxygen atoms in total. The van der Waals surface area contributed by atoms with Gasteiger partial charge >= 0.3 is 0 Å². The van der Waals surface area contributed by atoms with Crippen molar-refractivity contribution in [3.8, 4) is 0 Å². The molecule has 0 unspecified atom stereocenters. The highest BCUT2D eigenvalue weighted by Crippen LogP contribution is 2.53. The summed E-state index contributed by atoms with van der Waals surface area (Å²) in [4.78, 5) is -1.20. The lowest BCUT2D eigenvalue weighted by Crippen LogP contribution is -2.20. The molecule has 1 aromatic carbocycles. The summed E-state index contributed by atoms with van der Waals surface area (Å²) in [5.41, 5.74) is 0.0126. The molecule has 0 amide bonds. The highest BCUT2D eigenvalue weighted by molar-refractivity contribution is 6.62. The standard InChI is InChI=1S/C8HCl9/c9-2-1(8(16,17)7(14)15)3(10)5(12)6(13)4(2)11/h7H. The lowest BCUT2D eigenvalue weighted by atomic mass is 10.1. The van der Waals surface area contributed by atoms with E-state index in [1.807, 2.05) is 0 Å². The maximum Gasteiger partial charge on any atom is 0.176 e. The van der Waals surface area contributed by atoms with Crippen molar-refractivity contribution in [2.75, 3.05) is 0 Å². The maximum atomic E-state index is 5.98. The Morgan fingerprint density at radius 3 is 1.24 bits per heavy atom. The van der Waals surface area contributed by atoms with Crippen LogP contribution in [0.5, 0.6) is 0 Å². The summed E-state index contributed by atoms with van der Waals surface area (Å²) in [7, 11) is 0. The zero-order chi connectivity index (χ0) is 13.5. The molecule has 0 bridgehead atoms. The number of hydrogen-bond acceptors (Lipinski definition) is 0. The SMILES string of the molecule is Clc1c(Cl)c(Cl)c(C(Cl)(Cl)C(Cl)Cl)c(Cl)c1Cl. The van der Waals surface area contributed by atoms with Crippen LogP contribution < -0.4 is 0 Å². The molecule has 0 radical (unpaired) electrons. The molecule has 0 N–H and O–H groups in total. The van der Waals surface area contributed by atoms with Gasteiger partial charge in [0.2, 0.25) is 0 Å². The fourth-order valence-electron chi connectivity index (χ4n) is 1.01. The molecular weight excluding hydrogens is 415 g/mol. The molecule has 96 valence electrons. The predicted molar refractivity (Wildman–Crippen MR) is 80.4 cm³/mol. The van der Waals surface area contributed by atoms with Crippen LogP contribution >= 0.6 is 104 Å². The lowest BCUT2D eigenvalue weighted by Gasteiger charge is -2.25. The summed E-state index contributed by atoms with van der Waals surface area (Å²) in [6.45, 7) is 0. The van der Waals surface area contributed by atoms with Gasteiger partial charge in [-0.25, -0.2) is 0 Å². The van der Waals surface area contributed by atoms with Crippen molar-refractivity contribution in [2.45, 2.75) is 9.17 Å². The van der Waals surface area contributed by atoms with Crippen LogP contribution in [0.25, 0.3) is 0 Å². The Labute approximate surface area is 143 Å². The van der Waals surface area contributed by atoms with Gasteiger partial charge < -0.3 is 0 Å². The molecule has 9 heteroatoms. The van der Waals surface area contributed by atoms with E-state index in [1.54, 1.807) is 0 Å². The van der Waals surface area contributed by atoms with Crippen molar-refractivity contribution in [3.63, 3.8) is 0 Å². The third-order valence-electron chi connectivity index (χ3n) is 1.82. The second kappa shape index (κ2) is 6.08. The Hall–Kier alpha value is 1.83. The molecule has 1 rings (SSSR count). The van der Waals surface area contributed by atoms with Gasteiger partial charge in [-0.2, -0.15) is 0 Å². The molecule has 0 spiro atoms. The van der Waals surface area contributed by atoms with Crippen molar-refractivity contribution < 1.29 is 0 Å². The second-order valence-corrected chi connectivity index (χ2v) is 7.24. The molecule has 0 saturated heterocycles. The summed E-state index contributed by atoms with van der Waals surface area (Å²) >= 11 is 52.7. The van der Waals surface area contributed by atoms with Gasteiger partial charge in [0.1, 0.15) is 4.84 Å². The van der Waals surface area contributed by atoms with Crippen molar-refractivity contribution in [1.82, 2.24) is 0 Å². The normalized spacial score (nSPS) is 12.4. The molecule has 17 heavy (non-hydrogen) atoms. The van der Waals surface area contributed by atoms with E-state index in [0.717, 1.165) is 0 Å². The van der Waals surface area contributed by atoms with E-state index in [2.05, 4.69) is 0 Å². The number of rotatable bonds is 2. The van der Waals surface area contributed by atoms with E-state index >= 15 is 0 Å². The third-order valence-corrected chi connectivity index (χ3v) is 6.01. The zero-order valence-corrected chi connectivity index (χ0v) is 14.3. The van der Waals surface area contributed by atoms with Crippen molar-refractivity contribution in [1.29, 1.82) is 0 Å². The monoisotopic (exact) mass is 412 g/mol. The predicted octanol–water partition coefficient (Wildman–Crippen LogP) is 7.39. The topological polar surface area (TPSA) is 0 Å². The fourth-order valence-corrected chi connectivity index (χ4v) is 3.23. The van der Waals surface area contributed by atoms with Crippen LogP contribution in [0.4, 0.5) is 0 Å². The molecule has 0 aliphatic carbocycles. The van der Waals surface area contributed by atoms with Gasteiger partial charge in [0.15, 0.2) is 4.33 Å².